The van der Waals surface area contributed by atoms with Crippen molar-refractivity contribution in [3.05, 3.63) is 23.3 Å². The monoisotopic (exact) mass is 426 g/mol. The lowest BCUT2D eigenvalue weighted by Gasteiger charge is -2.41. The molecule has 1 atom stereocenters. The summed E-state index contributed by atoms with van der Waals surface area (Å²) in [5.41, 5.74) is 6.49. The van der Waals surface area contributed by atoms with Gasteiger partial charge in [-0.25, -0.2) is 4.79 Å². The van der Waals surface area contributed by atoms with Crippen LogP contribution in [0.25, 0.3) is 0 Å². The number of aliphatic hydroxyl groups excluding tert-OH is 1. The van der Waals surface area contributed by atoms with E-state index in [4.69, 9.17) is 10.5 Å². The Labute approximate surface area is 182 Å². The molecule has 31 heavy (non-hydrogen) atoms. The summed E-state index contributed by atoms with van der Waals surface area (Å²) in [7, 11) is 0. The predicted octanol–water partition coefficient (Wildman–Crippen LogP) is 2.45. The highest BCUT2D eigenvalue weighted by Gasteiger charge is 2.50. The molecular formula is C23H30N4O4. The van der Waals surface area contributed by atoms with Crippen LogP contribution in [0.4, 0.5) is 10.5 Å². The average Bonchev–Trinajstić information content (AvgIpc) is 3.05. The van der Waals surface area contributed by atoms with E-state index in [0.29, 0.717) is 17.7 Å². The van der Waals surface area contributed by atoms with Crippen molar-refractivity contribution in [3.8, 4) is 11.8 Å². The number of aliphatic hydroxyl groups is 1. The molecule has 2 aliphatic heterocycles. The van der Waals surface area contributed by atoms with Gasteiger partial charge in [-0.1, -0.05) is 0 Å². The molecule has 166 valence electrons. The Hall–Kier alpha value is -2.79. The molecule has 8 nitrogen and oxygen atoms in total. The molecule has 8 heteroatoms. The summed E-state index contributed by atoms with van der Waals surface area (Å²) in [6.07, 6.45) is 4.68. The minimum Gasteiger partial charge on any atom is -0.410 e. The maximum Gasteiger partial charge on any atom is 0.409 e. The molecule has 0 bridgehead atoms. The number of nitrogens with two attached hydrogens (primary N) is 1. The summed E-state index contributed by atoms with van der Waals surface area (Å²) < 4.78 is 5.02. The Morgan fingerprint density at radius 2 is 2.00 bits per heavy atom. The number of carbonyl (C=O) groups excluding carboxylic acids is 2. The van der Waals surface area contributed by atoms with E-state index in [1.54, 1.807) is 19.1 Å². The van der Waals surface area contributed by atoms with Crippen molar-refractivity contribution in [2.45, 2.75) is 64.0 Å². The number of anilines is 1. The quantitative estimate of drug-likeness (QED) is 0.766. The van der Waals surface area contributed by atoms with Crippen LogP contribution < -0.4 is 15.4 Å². The second-order valence-corrected chi connectivity index (χ2v) is 9.13. The molecule has 1 aromatic carbocycles. The number of carbonyl (C=O) groups is 2. The van der Waals surface area contributed by atoms with Gasteiger partial charge >= 0.3 is 6.09 Å². The number of piperidine rings is 1. The van der Waals surface area contributed by atoms with Crippen molar-refractivity contribution in [3.63, 3.8) is 0 Å². The Kier molecular flexibility index (Phi) is 5.80. The molecule has 3 N–H and O–H groups in total. The largest absolute Gasteiger partial charge is 0.410 e. The highest BCUT2D eigenvalue weighted by atomic mass is 16.5. The zero-order valence-corrected chi connectivity index (χ0v) is 18.0. The molecule has 3 aliphatic rings. The molecular weight excluding hydrogens is 396 g/mol. The fourth-order valence-electron chi connectivity index (χ4n) is 5.58. The van der Waals surface area contributed by atoms with Gasteiger partial charge in [0.05, 0.1) is 22.8 Å². The number of rotatable bonds is 3. The minimum absolute atomic E-state index is 0.225. The summed E-state index contributed by atoms with van der Waals surface area (Å²) in [5.74, 6) is 0.504. The molecule has 1 aliphatic carbocycles. The first-order valence-electron chi connectivity index (χ1n) is 11.1. The third-order valence-electron chi connectivity index (χ3n) is 7.29. The third-order valence-corrected chi connectivity index (χ3v) is 7.29. The van der Waals surface area contributed by atoms with Gasteiger partial charge in [0.2, 0.25) is 5.91 Å². The van der Waals surface area contributed by atoms with Gasteiger partial charge in [-0.05, 0) is 64.0 Å². The molecule has 1 aromatic rings. The van der Waals surface area contributed by atoms with Crippen molar-refractivity contribution in [1.29, 1.82) is 5.26 Å². The minimum atomic E-state index is -0.913. The van der Waals surface area contributed by atoms with Crippen LogP contribution in [0.15, 0.2) is 12.1 Å². The molecule has 1 saturated carbocycles. The Morgan fingerprint density at radius 3 is 2.68 bits per heavy atom. The normalized spacial score (nSPS) is 28.6. The zero-order valence-electron chi connectivity index (χ0n) is 18.0. The first-order valence-corrected chi connectivity index (χ1v) is 11.1. The molecule has 2 heterocycles. The lowest BCUT2D eigenvalue weighted by molar-refractivity contribution is -0.139. The number of nitriles is 1. The average molecular weight is 427 g/mol. The fourth-order valence-corrected chi connectivity index (χ4v) is 5.58. The van der Waals surface area contributed by atoms with E-state index in [-0.39, 0.29) is 23.8 Å². The van der Waals surface area contributed by atoms with Crippen LogP contribution in [0, 0.1) is 23.7 Å². The van der Waals surface area contributed by atoms with Crippen LogP contribution in [0.2, 0.25) is 0 Å². The molecule has 3 fully saturated rings. The first-order chi connectivity index (χ1) is 14.8. The van der Waals surface area contributed by atoms with Crippen LogP contribution in [-0.4, -0.2) is 53.8 Å². The van der Waals surface area contributed by atoms with Gasteiger partial charge in [-0.15, -0.1) is 0 Å². The highest BCUT2D eigenvalue weighted by Crippen LogP contribution is 2.44. The van der Waals surface area contributed by atoms with Gasteiger partial charge in [-0.2, -0.15) is 5.26 Å². The standard InChI is InChI=1S/C23H30N4O4/c1-15-18(13-24)19(7-8-20(15)31-22(25)30)26-11-2-9-23(14-26)10-12-27(21(23)29)16-3-5-17(28)6-4-16/h7-8,16-17,28H,2-6,9-12,14H2,1H3,(H2,25,30)/t16?,17?,23-/m1/s1. The van der Waals surface area contributed by atoms with Crippen LogP contribution in [0.1, 0.15) is 56.1 Å². The maximum absolute atomic E-state index is 13.5. The number of nitrogens with zero attached hydrogens (tertiary/aromatic N) is 3. The van der Waals surface area contributed by atoms with E-state index in [2.05, 4.69) is 15.9 Å². The molecule has 2 amide bonds. The number of benzene rings is 1. The topological polar surface area (TPSA) is 120 Å². The smallest absolute Gasteiger partial charge is 0.409 e. The van der Waals surface area contributed by atoms with Gasteiger partial charge < -0.3 is 25.4 Å². The molecule has 0 radical (unpaired) electrons. The molecule has 1 spiro atoms. The molecule has 4 rings (SSSR count). The summed E-state index contributed by atoms with van der Waals surface area (Å²) in [6, 6.07) is 5.91. The predicted molar refractivity (Wildman–Crippen MR) is 115 cm³/mol. The van der Waals surface area contributed by atoms with E-state index in [9.17, 15) is 20.0 Å². The number of likely N-dealkylation sites (tertiary alicyclic amines) is 1. The SMILES string of the molecule is Cc1c(OC(N)=O)ccc(N2CCC[C@@]3(CCN(C4CCC(O)CC4)C3=O)C2)c1C#N. The van der Waals surface area contributed by atoms with E-state index < -0.39 is 11.5 Å². The number of ether oxygens (including phenoxy) is 1. The van der Waals surface area contributed by atoms with Crippen molar-refractivity contribution in [1.82, 2.24) is 4.90 Å². The second-order valence-electron chi connectivity index (χ2n) is 9.13. The maximum atomic E-state index is 13.5. The summed E-state index contributed by atoms with van der Waals surface area (Å²) in [5, 5.41) is 19.6. The van der Waals surface area contributed by atoms with Crippen LogP contribution in [0.5, 0.6) is 5.75 Å². The summed E-state index contributed by atoms with van der Waals surface area (Å²) >= 11 is 0. The fraction of sp³-hybridized carbons (Fsp3) is 0.609. The lowest BCUT2D eigenvalue weighted by Crippen LogP contribution is -2.50. The van der Waals surface area contributed by atoms with Crippen molar-refractivity contribution in [2.24, 2.45) is 11.1 Å². The molecule has 0 unspecified atom stereocenters. The van der Waals surface area contributed by atoms with E-state index in [1.807, 2.05) is 0 Å². The van der Waals surface area contributed by atoms with Crippen LogP contribution >= 0.6 is 0 Å². The van der Waals surface area contributed by atoms with E-state index >= 15 is 0 Å². The Morgan fingerprint density at radius 1 is 1.26 bits per heavy atom. The Balaban J connectivity index is 1.55. The van der Waals surface area contributed by atoms with Crippen molar-refractivity contribution >= 4 is 17.7 Å². The van der Waals surface area contributed by atoms with Gasteiger partial charge in [0.25, 0.3) is 0 Å². The van der Waals surface area contributed by atoms with Gasteiger partial charge in [-0.3, -0.25) is 4.79 Å². The number of amides is 2. The number of hydrogen-bond donors (Lipinski definition) is 2. The third kappa shape index (κ3) is 3.94. The van der Waals surface area contributed by atoms with Crippen LogP contribution in [-0.2, 0) is 4.79 Å². The van der Waals surface area contributed by atoms with Gasteiger partial charge in [0.15, 0.2) is 0 Å². The van der Waals surface area contributed by atoms with E-state index in [0.717, 1.165) is 63.7 Å². The van der Waals surface area contributed by atoms with Crippen LogP contribution in [0.3, 0.4) is 0 Å². The number of hydrogen-bond acceptors (Lipinski definition) is 6. The number of primary amides is 1. The van der Waals surface area contributed by atoms with Gasteiger partial charge in [0.1, 0.15) is 11.8 Å². The van der Waals surface area contributed by atoms with Crippen molar-refractivity contribution < 1.29 is 19.4 Å². The second kappa shape index (κ2) is 8.39. The summed E-state index contributed by atoms with van der Waals surface area (Å²) in [6.45, 7) is 3.86. The van der Waals surface area contributed by atoms with Gasteiger partial charge in [0, 0.05) is 31.2 Å². The first kappa shape index (κ1) is 21.4. The summed E-state index contributed by atoms with van der Waals surface area (Å²) in [4.78, 5) is 28.9. The van der Waals surface area contributed by atoms with Crippen molar-refractivity contribution in [2.75, 3.05) is 24.5 Å². The van der Waals surface area contributed by atoms with E-state index in [1.165, 1.54) is 0 Å². The zero-order chi connectivity index (χ0) is 22.2. The molecule has 0 aromatic heterocycles. The Bertz CT molecular complexity index is 919. The molecule has 2 saturated heterocycles. The lowest BCUT2D eigenvalue weighted by atomic mass is 9.78. The highest BCUT2D eigenvalue weighted by molar-refractivity contribution is 5.86.